The van der Waals surface area contributed by atoms with Crippen molar-refractivity contribution >= 4 is 16.5 Å². The van der Waals surface area contributed by atoms with Crippen molar-refractivity contribution in [2.75, 3.05) is 38.2 Å². The molecule has 1 heterocycles. The molecule has 1 aromatic rings. The third-order valence-corrected chi connectivity index (χ3v) is 3.42. The Hall–Kier alpha value is -0.720. The molecule has 0 aliphatic heterocycles. The first-order valence-electron chi connectivity index (χ1n) is 6.66. The van der Waals surface area contributed by atoms with Crippen LogP contribution in [-0.2, 0) is 11.3 Å². The zero-order valence-electron chi connectivity index (χ0n) is 11.6. The Kier molecular flexibility index (Phi) is 7.88. The van der Waals surface area contributed by atoms with Crippen LogP contribution in [0.2, 0.25) is 0 Å². The largest absolute Gasteiger partial charge is 0.380 e. The average Bonchev–Trinajstić information content (AvgIpc) is 2.83. The number of aromatic nitrogens is 2. The zero-order valence-corrected chi connectivity index (χ0v) is 12.4. The molecule has 0 aliphatic rings. The Balaban J connectivity index is 2.36. The van der Waals surface area contributed by atoms with Crippen molar-refractivity contribution < 1.29 is 4.74 Å². The second-order valence-electron chi connectivity index (χ2n) is 3.99. The number of hydrogen-bond donors (Lipinski definition) is 1. The smallest absolute Gasteiger partial charge is 0.205 e. The van der Waals surface area contributed by atoms with Crippen molar-refractivity contribution in [3.8, 4) is 0 Å². The third kappa shape index (κ3) is 5.75. The quantitative estimate of drug-likeness (QED) is 0.662. The van der Waals surface area contributed by atoms with Gasteiger partial charge in [0.05, 0.1) is 13.2 Å². The van der Waals surface area contributed by atoms with Gasteiger partial charge in [0.15, 0.2) is 0 Å². The summed E-state index contributed by atoms with van der Waals surface area (Å²) in [5.74, 6) is 0. The van der Waals surface area contributed by atoms with E-state index in [2.05, 4.69) is 34.3 Å². The van der Waals surface area contributed by atoms with E-state index in [1.165, 1.54) is 0 Å². The number of ether oxygens (including phenoxy) is 1. The van der Waals surface area contributed by atoms with Crippen LogP contribution in [0.25, 0.3) is 0 Å². The van der Waals surface area contributed by atoms with E-state index in [0.29, 0.717) is 0 Å². The molecule has 1 rings (SSSR count). The average molecular weight is 272 g/mol. The van der Waals surface area contributed by atoms with Gasteiger partial charge in [-0.2, -0.15) is 0 Å². The van der Waals surface area contributed by atoms with Crippen LogP contribution in [0.1, 0.15) is 32.2 Å². The van der Waals surface area contributed by atoms with Gasteiger partial charge < -0.3 is 10.1 Å². The van der Waals surface area contributed by atoms with E-state index in [9.17, 15) is 0 Å². The van der Waals surface area contributed by atoms with Crippen LogP contribution in [0.3, 0.4) is 0 Å². The minimum Gasteiger partial charge on any atom is -0.380 e. The summed E-state index contributed by atoms with van der Waals surface area (Å²) in [6.07, 6.45) is 1.10. The maximum atomic E-state index is 5.38. The molecule has 0 aliphatic carbocycles. The van der Waals surface area contributed by atoms with Gasteiger partial charge in [0, 0.05) is 19.7 Å². The minimum absolute atomic E-state index is 0.779. The molecular formula is C12H24N4OS. The van der Waals surface area contributed by atoms with E-state index in [0.717, 1.165) is 56.0 Å². The Morgan fingerprint density at radius 1 is 1.28 bits per heavy atom. The molecule has 0 spiro atoms. The molecule has 0 radical (unpaired) electrons. The van der Waals surface area contributed by atoms with Crippen molar-refractivity contribution in [1.29, 1.82) is 0 Å². The molecule has 0 saturated carbocycles. The molecule has 1 N–H and O–H groups in total. The lowest BCUT2D eigenvalue weighted by Gasteiger charge is -2.18. The fourth-order valence-electron chi connectivity index (χ4n) is 1.50. The highest BCUT2D eigenvalue weighted by Crippen LogP contribution is 2.16. The van der Waals surface area contributed by atoms with E-state index in [1.807, 2.05) is 6.92 Å². The Morgan fingerprint density at radius 2 is 2.11 bits per heavy atom. The highest BCUT2D eigenvalue weighted by molar-refractivity contribution is 7.15. The van der Waals surface area contributed by atoms with E-state index in [1.54, 1.807) is 11.3 Å². The topological polar surface area (TPSA) is 50.3 Å². The van der Waals surface area contributed by atoms with Gasteiger partial charge in [-0.25, -0.2) is 0 Å². The Morgan fingerprint density at radius 3 is 2.78 bits per heavy atom. The fourth-order valence-corrected chi connectivity index (χ4v) is 2.31. The molecule has 1 aromatic heterocycles. The van der Waals surface area contributed by atoms with Crippen LogP contribution in [0.5, 0.6) is 0 Å². The fraction of sp³-hybridized carbons (Fsp3) is 0.833. The van der Waals surface area contributed by atoms with E-state index >= 15 is 0 Å². The van der Waals surface area contributed by atoms with Crippen LogP contribution in [0, 0.1) is 0 Å². The Labute approximate surface area is 114 Å². The second-order valence-corrected chi connectivity index (χ2v) is 5.06. The predicted molar refractivity (Wildman–Crippen MR) is 76.1 cm³/mol. The highest BCUT2D eigenvalue weighted by atomic mass is 32.1. The standard InChI is InChI=1S/C12H24N4OS/c1-4-7-13-12-15-14-11(18-12)10-16(5-2)8-9-17-6-3/h4-10H2,1-3H3,(H,13,15). The summed E-state index contributed by atoms with van der Waals surface area (Å²) in [7, 11) is 0. The van der Waals surface area contributed by atoms with Crippen molar-refractivity contribution in [2.24, 2.45) is 0 Å². The van der Waals surface area contributed by atoms with Gasteiger partial charge in [-0.05, 0) is 19.9 Å². The molecule has 18 heavy (non-hydrogen) atoms. The van der Waals surface area contributed by atoms with Crippen molar-refractivity contribution in [1.82, 2.24) is 15.1 Å². The Bertz CT molecular complexity index is 319. The van der Waals surface area contributed by atoms with Gasteiger partial charge in [-0.1, -0.05) is 25.2 Å². The lowest BCUT2D eigenvalue weighted by molar-refractivity contribution is 0.113. The molecule has 104 valence electrons. The van der Waals surface area contributed by atoms with Gasteiger partial charge in [-0.3, -0.25) is 4.90 Å². The molecule has 0 saturated heterocycles. The number of hydrogen-bond acceptors (Lipinski definition) is 6. The molecule has 0 fully saturated rings. The lowest BCUT2D eigenvalue weighted by Crippen LogP contribution is -2.27. The number of nitrogens with zero attached hydrogens (tertiary/aromatic N) is 3. The van der Waals surface area contributed by atoms with Crippen LogP contribution >= 0.6 is 11.3 Å². The normalized spacial score (nSPS) is 11.1. The van der Waals surface area contributed by atoms with Crippen molar-refractivity contribution in [2.45, 2.75) is 33.7 Å². The first-order chi connectivity index (χ1) is 8.80. The summed E-state index contributed by atoms with van der Waals surface area (Å²) in [6.45, 7) is 11.6. The number of rotatable bonds is 10. The number of likely N-dealkylation sites (N-methyl/N-ethyl adjacent to an activating group) is 1. The minimum atomic E-state index is 0.779. The molecule has 0 aromatic carbocycles. The predicted octanol–water partition coefficient (Wildman–Crippen LogP) is 2.22. The third-order valence-electron chi connectivity index (χ3n) is 2.56. The number of anilines is 1. The van der Waals surface area contributed by atoms with Crippen LogP contribution in [-0.4, -0.2) is 47.9 Å². The number of nitrogens with one attached hydrogen (secondary N) is 1. The molecule has 0 amide bonds. The van der Waals surface area contributed by atoms with Crippen molar-refractivity contribution in [3.63, 3.8) is 0 Å². The second kappa shape index (κ2) is 9.24. The van der Waals surface area contributed by atoms with Crippen LogP contribution in [0.4, 0.5) is 5.13 Å². The van der Waals surface area contributed by atoms with Crippen LogP contribution in [0.15, 0.2) is 0 Å². The first kappa shape index (κ1) is 15.3. The monoisotopic (exact) mass is 272 g/mol. The van der Waals surface area contributed by atoms with Gasteiger partial charge >= 0.3 is 0 Å². The van der Waals surface area contributed by atoms with Crippen LogP contribution < -0.4 is 5.32 Å². The molecular weight excluding hydrogens is 248 g/mol. The van der Waals surface area contributed by atoms with Crippen molar-refractivity contribution in [3.05, 3.63) is 5.01 Å². The lowest BCUT2D eigenvalue weighted by atomic mass is 10.5. The molecule has 0 unspecified atom stereocenters. The van der Waals surface area contributed by atoms with Gasteiger partial charge in [-0.15, -0.1) is 10.2 Å². The summed E-state index contributed by atoms with van der Waals surface area (Å²) < 4.78 is 5.38. The molecule has 0 atom stereocenters. The maximum absolute atomic E-state index is 5.38. The first-order valence-corrected chi connectivity index (χ1v) is 7.48. The summed E-state index contributed by atoms with van der Waals surface area (Å²) >= 11 is 1.64. The van der Waals surface area contributed by atoms with Gasteiger partial charge in [0.2, 0.25) is 5.13 Å². The van der Waals surface area contributed by atoms with E-state index in [4.69, 9.17) is 4.74 Å². The van der Waals surface area contributed by atoms with Gasteiger partial charge in [0.25, 0.3) is 0 Å². The van der Waals surface area contributed by atoms with E-state index in [-0.39, 0.29) is 0 Å². The van der Waals surface area contributed by atoms with E-state index < -0.39 is 0 Å². The molecule has 0 bridgehead atoms. The summed E-state index contributed by atoms with van der Waals surface area (Å²) in [5, 5.41) is 13.6. The summed E-state index contributed by atoms with van der Waals surface area (Å²) in [4.78, 5) is 2.32. The summed E-state index contributed by atoms with van der Waals surface area (Å²) in [6, 6.07) is 0. The zero-order chi connectivity index (χ0) is 13.2. The summed E-state index contributed by atoms with van der Waals surface area (Å²) in [5.41, 5.74) is 0. The highest BCUT2D eigenvalue weighted by Gasteiger charge is 2.08. The maximum Gasteiger partial charge on any atom is 0.205 e. The molecule has 6 heteroatoms. The van der Waals surface area contributed by atoms with Gasteiger partial charge in [0.1, 0.15) is 5.01 Å². The SMILES string of the molecule is CCCNc1nnc(CN(CC)CCOCC)s1. The molecule has 5 nitrogen and oxygen atoms in total.